The molecule has 7 rings (SSSR count). The average Bonchev–Trinajstić information content (AvgIpc) is 3.60. The highest BCUT2D eigenvalue weighted by Crippen LogP contribution is 2.44. The molecule has 3 aromatic carbocycles. The summed E-state index contributed by atoms with van der Waals surface area (Å²) in [7, 11) is 0. The number of nitro groups is 1. The number of nitro benzene ring substituents is 1. The average molecular weight is 663 g/mol. The zero-order valence-electron chi connectivity index (χ0n) is 26.1. The standard InChI is InChI=1S/C36H34N6O3S2/c1-24-23-32(25(2)40(24)27-8-6-26(7-9-27)39-19-21-45-22-20-39)35-34(33-5-3-4-18-37-33)38-36(46)41(35)28-10-14-30(15-11-28)47-31-16-12-29(13-17-31)42(43)44/h3-18,23,34-35H,19-22H2,1-2H3,(H,38,46). The SMILES string of the molecule is Cc1cc(C2C(c3ccccn3)NC(=S)N2c2ccc(Sc3ccc([N+](=O)[O-])cc3)cc2)c(C)n1-c1ccc(N2CCOCC2)cc1. The molecule has 2 atom stereocenters. The monoisotopic (exact) mass is 662 g/mol. The van der Waals surface area contributed by atoms with E-state index < -0.39 is 0 Å². The van der Waals surface area contributed by atoms with Crippen LogP contribution in [0.5, 0.6) is 0 Å². The van der Waals surface area contributed by atoms with Crippen molar-refractivity contribution in [1.29, 1.82) is 0 Å². The number of hydrogen-bond donors (Lipinski definition) is 1. The fourth-order valence-electron chi connectivity index (χ4n) is 6.51. The van der Waals surface area contributed by atoms with Crippen molar-refractivity contribution in [3.63, 3.8) is 0 Å². The number of aromatic nitrogens is 2. The first-order valence-corrected chi connectivity index (χ1v) is 16.7. The van der Waals surface area contributed by atoms with Gasteiger partial charge in [-0.2, -0.15) is 0 Å². The molecule has 0 saturated carbocycles. The number of ether oxygens (including phenoxy) is 1. The van der Waals surface area contributed by atoms with E-state index in [1.165, 1.54) is 23.4 Å². The Labute approximate surface area is 283 Å². The van der Waals surface area contributed by atoms with Crippen LogP contribution < -0.4 is 15.1 Å². The van der Waals surface area contributed by atoms with Crippen molar-refractivity contribution in [1.82, 2.24) is 14.9 Å². The summed E-state index contributed by atoms with van der Waals surface area (Å²) in [6.45, 7) is 7.65. The first-order valence-electron chi connectivity index (χ1n) is 15.5. The van der Waals surface area contributed by atoms with Crippen LogP contribution in [0.4, 0.5) is 17.1 Å². The number of hydrogen-bond acceptors (Lipinski definition) is 7. The van der Waals surface area contributed by atoms with Crippen molar-refractivity contribution in [3.05, 3.63) is 136 Å². The largest absolute Gasteiger partial charge is 0.378 e. The Balaban J connectivity index is 1.21. The summed E-state index contributed by atoms with van der Waals surface area (Å²) in [6, 6.07) is 31.6. The third-order valence-corrected chi connectivity index (χ3v) is 10.1. The number of aryl methyl sites for hydroxylation is 1. The second-order valence-corrected chi connectivity index (χ2v) is 13.2. The van der Waals surface area contributed by atoms with Gasteiger partial charge < -0.3 is 24.4 Å². The molecule has 0 bridgehead atoms. The van der Waals surface area contributed by atoms with Crippen LogP contribution in [0.2, 0.25) is 0 Å². The van der Waals surface area contributed by atoms with Gasteiger partial charge in [0.2, 0.25) is 0 Å². The molecular weight excluding hydrogens is 629 g/mol. The molecule has 0 spiro atoms. The van der Waals surface area contributed by atoms with Gasteiger partial charge in [0.15, 0.2) is 5.11 Å². The Hall–Kier alpha value is -4.71. The number of morpholine rings is 1. The molecule has 2 aliphatic rings. The van der Waals surface area contributed by atoms with E-state index in [-0.39, 0.29) is 22.7 Å². The van der Waals surface area contributed by atoms with Crippen molar-refractivity contribution >= 4 is 46.2 Å². The van der Waals surface area contributed by atoms with Crippen LogP contribution in [0.15, 0.2) is 113 Å². The fraction of sp³-hybridized carbons (Fsp3) is 0.222. The summed E-state index contributed by atoms with van der Waals surface area (Å²) in [4.78, 5) is 21.9. The number of thiocarbonyl (C=S) groups is 1. The lowest BCUT2D eigenvalue weighted by Gasteiger charge is -2.29. The highest BCUT2D eigenvalue weighted by atomic mass is 32.2. The first-order chi connectivity index (χ1) is 22.9. The molecule has 2 unspecified atom stereocenters. The molecule has 1 N–H and O–H groups in total. The van der Waals surface area contributed by atoms with Crippen molar-refractivity contribution in [2.24, 2.45) is 0 Å². The molecule has 47 heavy (non-hydrogen) atoms. The number of rotatable bonds is 8. The number of benzene rings is 3. The van der Waals surface area contributed by atoms with E-state index in [1.807, 2.05) is 24.4 Å². The van der Waals surface area contributed by atoms with E-state index in [9.17, 15) is 10.1 Å². The molecule has 0 aliphatic carbocycles. The normalized spacial score (nSPS) is 18.0. The minimum Gasteiger partial charge on any atom is -0.378 e. The molecule has 238 valence electrons. The predicted octanol–water partition coefficient (Wildman–Crippen LogP) is 7.56. The van der Waals surface area contributed by atoms with Gasteiger partial charge in [0.05, 0.1) is 35.9 Å². The van der Waals surface area contributed by atoms with Crippen molar-refractivity contribution in [2.75, 3.05) is 36.1 Å². The van der Waals surface area contributed by atoms with E-state index in [0.717, 1.165) is 64.6 Å². The maximum Gasteiger partial charge on any atom is 0.269 e. The molecule has 4 heterocycles. The van der Waals surface area contributed by atoms with Crippen LogP contribution in [0, 0.1) is 24.0 Å². The summed E-state index contributed by atoms with van der Waals surface area (Å²) < 4.78 is 7.85. The summed E-state index contributed by atoms with van der Waals surface area (Å²) in [6.07, 6.45) is 1.82. The van der Waals surface area contributed by atoms with Gasteiger partial charge >= 0.3 is 0 Å². The van der Waals surface area contributed by atoms with Gasteiger partial charge in [-0.1, -0.05) is 17.8 Å². The summed E-state index contributed by atoms with van der Waals surface area (Å²) in [5.41, 5.74) is 7.76. The predicted molar refractivity (Wildman–Crippen MR) is 190 cm³/mol. The second kappa shape index (κ2) is 13.2. The Morgan fingerprint density at radius 1 is 0.894 bits per heavy atom. The molecule has 2 aromatic heterocycles. The third-order valence-electron chi connectivity index (χ3n) is 8.77. The zero-order chi connectivity index (χ0) is 32.5. The van der Waals surface area contributed by atoms with E-state index in [4.69, 9.17) is 21.9 Å². The van der Waals surface area contributed by atoms with Crippen molar-refractivity contribution < 1.29 is 9.66 Å². The number of nitrogens with zero attached hydrogens (tertiary/aromatic N) is 5. The number of nitrogens with one attached hydrogen (secondary N) is 1. The smallest absolute Gasteiger partial charge is 0.269 e. The summed E-state index contributed by atoms with van der Waals surface area (Å²) >= 11 is 7.56. The quantitative estimate of drug-likeness (QED) is 0.103. The van der Waals surface area contributed by atoms with Gasteiger partial charge in [-0.05, 0) is 110 Å². The molecule has 9 nitrogen and oxygen atoms in total. The van der Waals surface area contributed by atoms with E-state index in [2.05, 4.69) is 88.1 Å². The molecule has 5 aromatic rings. The minimum absolute atomic E-state index is 0.0811. The van der Waals surface area contributed by atoms with Gasteiger partial charge in [-0.15, -0.1) is 0 Å². The van der Waals surface area contributed by atoms with Crippen LogP contribution in [-0.4, -0.2) is 45.9 Å². The molecule has 2 saturated heterocycles. The van der Waals surface area contributed by atoms with Crippen LogP contribution in [-0.2, 0) is 4.74 Å². The Morgan fingerprint density at radius 2 is 1.53 bits per heavy atom. The van der Waals surface area contributed by atoms with Crippen LogP contribution in [0.3, 0.4) is 0 Å². The number of pyridine rings is 1. The van der Waals surface area contributed by atoms with Crippen LogP contribution in [0.25, 0.3) is 5.69 Å². The van der Waals surface area contributed by atoms with Crippen LogP contribution in [0.1, 0.15) is 34.7 Å². The van der Waals surface area contributed by atoms with Gasteiger partial charge in [-0.25, -0.2) is 0 Å². The second-order valence-electron chi connectivity index (χ2n) is 11.6. The van der Waals surface area contributed by atoms with Gasteiger partial charge in [0, 0.05) is 69.7 Å². The molecule has 2 fully saturated rings. The van der Waals surface area contributed by atoms with Crippen molar-refractivity contribution in [3.8, 4) is 5.69 Å². The van der Waals surface area contributed by atoms with Crippen molar-refractivity contribution in [2.45, 2.75) is 35.7 Å². The number of anilines is 2. The lowest BCUT2D eigenvalue weighted by Crippen LogP contribution is -2.36. The Morgan fingerprint density at radius 3 is 2.17 bits per heavy atom. The molecule has 11 heteroatoms. The van der Waals surface area contributed by atoms with Gasteiger partial charge in [-0.3, -0.25) is 15.1 Å². The van der Waals surface area contributed by atoms with E-state index >= 15 is 0 Å². The molecular formula is C36H34N6O3S2. The maximum atomic E-state index is 11.1. The summed E-state index contributed by atoms with van der Waals surface area (Å²) in [5, 5.41) is 15.3. The van der Waals surface area contributed by atoms with E-state index in [0.29, 0.717) is 5.11 Å². The van der Waals surface area contributed by atoms with E-state index in [1.54, 1.807) is 23.9 Å². The molecule has 2 aliphatic heterocycles. The lowest BCUT2D eigenvalue weighted by molar-refractivity contribution is -0.384. The van der Waals surface area contributed by atoms with Gasteiger partial charge in [0.1, 0.15) is 0 Å². The topological polar surface area (TPSA) is 88.7 Å². The third kappa shape index (κ3) is 6.21. The highest BCUT2D eigenvalue weighted by molar-refractivity contribution is 7.99. The summed E-state index contributed by atoms with van der Waals surface area (Å²) in [5.74, 6) is 0. The Bertz CT molecular complexity index is 1890. The first kappa shape index (κ1) is 30.9. The lowest BCUT2D eigenvalue weighted by atomic mass is 9.96. The molecule has 0 amide bonds. The van der Waals surface area contributed by atoms with Crippen LogP contribution >= 0.6 is 24.0 Å². The Kier molecular flexibility index (Phi) is 8.68. The maximum absolute atomic E-state index is 11.1. The molecule has 0 radical (unpaired) electrons. The number of non-ortho nitro benzene ring substituents is 1. The van der Waals surface area contributed by atoms with Gasteiger partial charge in [0.25, 0.3) is 5.69 Å². The fourth-order valence-corrected chi connectivity index (χ4v) is 7.68. The minimum atomic E-state index is -0.384. The zero-order valence-corrected chi connectivity index (χ0v) is 27.7. The highest BCUT2D eigenvalue weighted by Gasteiger charge is 2.42.